The first-order valence-electron chi connectivity index (χ1n) is 8.31. The van der Waals surface area contributed by atoms with E-state index in [1.165, 1.54) is 0 Å². The molecule has 0 aliphatic heterocycles. The van der Waals surface area contributed by atoms with E-state index in [0.717, 1.165) is 30.4 Å². The molecule has 1 saturated carbocycles. The highest BCUT2D eigenvalue weighted by Crippen LogP contribution is 2.40. The lowest BCUT2D eigenvalue weighted by Crippen LogP contribution is -2.53. The van der Waals surface area contributed by atoms with E-state index in [-0.39, 0.29) is 23.9 Å². The molecule has 4 nitrogen and oxygen atoms in total. The Morgan fingerprint density at radius 2 is 1.67 bits per heavy atom. The van der Waals surface area contributed by atoms with Gasteiger partial charge in [0, 0.05) is 5.56 Å². The molecule has 2 aromatic rings. The Morgan fingerprint density at radius 3 is 2.29 bits per heavy atom. The van der Waals surface area contributed by atoms with Gasteiger partial charge in [-0.15, -0.1) is 0 Å². The van der Waals surface area contributed by atoms with Crippen LogP contribution in [0, 0.1) is 6.92 Å². The molecule has 4 heteroatoms. The van der Waals surface area contributed by atoms with E-state index < -0.39 is 0 Å². The van der Waals surface area contributed by atoms with E-state index in [0.29, 0.717) is 5.56 Å². The van der Waals surface area contributed by atoms with Gasteiger partial charge in [0.05, 0.1) is 12.1 Å². The van der Waals surface area contributed by atoms with E-state index in [1.807, 2.05) is 55.5 Å². The smallest absolute Gasteiger partial charge is 0.251 e. The van der Waals surface area contributed by atoms with Crippen molar-refractivity contribution in [2.45, 2.75) is 31.7 Å². The summed E-state index contributed by atoms with van der Waals surface area (Å²) in [6, 6.07) is 17.4. The Kier molecular flexibility index (Phi) is 4.65. The van der Waals surface area contributed by atoms with E-state index in [2.05, 4.69) is 10.6 Å². The first kappa shape index (κ1) is 16.2. The lowest BCUT2D eigenvalue weighted by atomic mass is 9.72. The summed E-state index contributed by atoms with van der Waals surface area (Å²) in [6.07, 6.45) is 2.98. The molecule has 0 bridgehead atoms. The molecule has 2 N–H and O–H groups in total. The Balaban J connectivity index is 1.60. The summed E-state index contributed by atoms with van der Waals surface area (Å²) in [5.41, 5.74) is 2.36. The molecule has 1 aliphatic rings. The second-order valence-electron chi connectivity index (χ2n) is 6.35. The molecule has 0 heterocycles. The quantitative estimate of drug-likeness (QED) is 0.889. The van der Waals surface area contributed by atoms with Gasteiger partial charge in [-0.05, 0) is 43.4 Å². The van der Waals surface area contributed by atoms with Gasteiger partial charge in [-0.2, -0.15) is 0 Å². The molecule has 0 aromatic heterocycles. The van der Waals surface area contributed by atoms with Crippen molar-refractivity contribution in [2.75, 3.05) is 6.54 Å². The zero-order valence-electron chi connectivity index (χ0n) is 13.8. The van der Waals surface area contributed by atoms with Crippen LogP contribution in [0.3, 0.4) is 0 Å². The van der Waals surface area contributed by atoms with Crippen molar-refractivity contribution in [2.24, 2.45) is 0 Å². The van der Waals surface area contributed by atoms with Gasteiger partial charge in [0.15, 0.2) is 0 Å². The maximum atomic E-state index is 12.3. The monoisotopic (exact) mass is 322 g/mol. The van der Waals surface area contributed by atoms with Crippen LogP contribution in [0.25, 0.3) is 0 Å². The molecule has 0 spiro atoms. The number of rotatable bonds is 5. The van der Waals surface area contributed by atoms with Crippen molar-refractivity contribution in [3.8, 4) is 0 Å². The summed E-state index contributed by atoms with van der Waals surface area (Å²) in [5.74, 6) is -0.369. The molecule has 24 heavy (non-hydrogen) atoms. The number of benzene rings is 2. The van der Waals surface area contributed by atoms with Crippen molar-refractivity contribution >= 4 is 11.8 Å². The molecular weight excluding hydrogens is 300 g/mol. The van der Waals surface area contributed by atoms with Crippen LogP contribution in [-0.4, -0.2) is 18.4 Å². The van der Waals surface area contributed by atoms with Crippen LogP contribution >= 0.6 is 0 Å². The fraction of sp³-hybridized carbons (Fsp3) is 0.300. The van der Waals surface area contributed by atoms with Crippen molar-refractivity contribution in [1.82, 2.24) is 10.6 Å². The van der Waals surface area contributed by atoms with Crippen LogP contribution in [0.4, 0.5) is 0 Å². The summed E-state index contributed by atoms with van der Waals surface area (Å²) in [4.78, 5) is 24.5. The number of nitrogens with one attached hydrogen (secondary N) is 2. The van der Waals surface area contributed by atoms with Gasteiger partial charge >= 0.3 is 0 Å². The first-order valence-corrected chi connectivity index (χ1v) is 8.31. The SMILES string of the molecule is Cc1ccccc1C(=O)NCC(=O)NC1(c2ccccc2)CCC1. The minimum absolute atomic E-state index is 0.0122. The third kappa shape index (κ3) is 3.32. The summed E-state index contributed by atoms with van der Waals surface area (Å²) in [6.45, 7) is 1.87. The number of carbonyl (C=O) groups excluding carboxylic acids is 2. The van der Waals surface area contributed by atoms with Crippen LogP contribution in [-0.2, 0) is 10.3 Å². The lowest BCUT2D eigenvalue weighted by Gasteiger charge is -2.43. The van der Waals surface area contributed by atoms with Crippen molar-refractivity contribution in [3.05, 3.63) is 71.3 Å². The molecule has 0 unspecified atom stereocenters. The maximum absolute atomic E-state index is 12.3. The predicted molar refractivity (Wildman–Crippen MR) is 93.6 cm³/mol. The second kappa shape index (κ2) is 6.87. The molecule has 2 aromatic carbocycles. The fourth-order valence-electron chi connectivity index (χ4n) is 3.17. The van der Waals surface area contributed by atoms with Crippen LogP contribution in [0.1, 0.15) is 40.7 Å². The number of amides is 2. The van der Waals surface area contributed by atoms with Crippen molar-refractivity contribution in [1.29, 1.82) is 0 Å². The number of carbonyl (C=O) groups is 2. The second-order valence-corrected chi connectivity index (χ2v) is 6.35. The summed E-state index contributed by atoms with van der Waals surface area (Å²) >= 11 is 0. The Hall–Kier alpha value is -2.62. The number of aryl methyl sites for hydroxylation is 1. The van der Waals surface area contributed by atoms with Crippen LogP contribution in [0.15, 0.2) is 54.6 Å². The lowest BCUT2D eigenvalue weighted by molar-refractivity contribution is -0.123. The highest BCUT2D eigenvalue weighted by atomic mass is 16.2. The van der Waals surface area contributed by atoms with E-state index in [9.17, 15) is 9.59 Å². The first-order chi connectivity index (χ1) is 11.6. The van der Waals surface area contributed by atoms with Gasteiger partial charge in [-0.1, -0.05) is 48.5 Å². The fourth-order valence-corrected chi connectivity index (χ4v) is 3.17. The van der Waals surface area contributed by atoms with Gasteiger partial charge in [0.25, 0.3) is 5.91 Å². The molecule has 0 saturated heterocycles. The van der Waals surface area contributed by atoms with Crippen molar-refractivity contribution in [3.63, 3.8) is 0 Å². The third-order valence-electron chi connectivity index (χ3n) is 4.71. The topological polar surface area (TPSA) is 58.2 Å². The summed E-state index contributed by atoms with van der Waals surface area (Å²) in [7, 11) is 0. The largest absolute Gasteiger partial charge is 0.345 e. The molecular formula is C20H22N2O2. The van der Waals surface area contributed by atoms with E-state index in [4.69, 9.17) is 0 Å². The molecule has 124 valence electrons. The van der Waals surface area contributed by atoms with Crippen LogP contribution in [0.2, 0.25) is 0 Å². The van der Waals surface area contributed by atoms with Crippen molar-refractivity contribution < 1.29 is 9.59 Å². The average molecular weight is 322 g/mol. The predicted octanol–water partition coefficient (Wildman–Crippen LogP) is 2.92. The van der Waals surface area contributed by atoms with Crippen LogP contribution < -0.4 is 10.6 Å². The van der Waals surface area contributed by atoms with Gasteiger partial charge in [-0.3, -0.25) is 9.59 Å². The Morgan fingerprint density at radius 1 is 1.00 bits per heavy atom. The molecule has 1 aliphatic carbocycles. The number of hydrogen-bond donors (Lipinski definition) is 2. The number of hydrogen-bond acceptors (Lipinski definition) is 2. The zero-order chi connectivity index (χ0) is 17.0. The minimum atomic E-state index is -0.272. The van der Waals surface area contributed by atoms with E-state index in [1.54, 1.807) is 6.07 Å². The normalized spacial score (nSPS) is 15.2. The standard InChI is InChI=1S/C20H22N2O2/c1-15-8-5-6-11-17(15)19(24)21-14-18(23)22-20(12-7-13-20)16-9-3-2-4-10-16/h2-6,8-11H,7,12-14H2,1H3,(H,21,24)(H,22,23). The highest BCUT2D eigenvalue weighted by Gasteiger charge is 2.39. The van der Waals surface area contributed by atoms with E-state index >= 15 is 0 Å². The van der Waals surface area contributed by atoms with Gasteiger partial charge < -0.3 is 10.6 Å². The Bertz CT molecular complexity index is 736. The Labute approximate surface area is 142 Å². The zero-order valence-corrected chi connectivity index (χ0v) is 13.8. The molecule has 0 atom stereocenters. The molecule has 2 amide bonds. The molecule has 3 rings (SSSR count). The van der Waals surface area contributed by atoms with Gasteiger partial charge in [0.1, 0.15) is 0 Å². The van der Waals surface area contributed by atoms with Gasteiger partial charge in [0.2, 0.25) is 5.91 Å². The summed E-state index contributed by atoms with van der Waals surface area (Å²) in [5, 5.41) is 5.82. The molecule has 1 fully saturated rings. The molecule has 0 radical (unpaired) electrons. The van der Waals surface area contributed by atoms with Gasteiger partial charge in [-0.25, -0.2) is 0 Å². The third-order valence-corrected chi connectivity index (χ3v) is 4.71. The maximum Gasteiger partial charge on any atom is 0.251 e. The van der Waals surface area contributed by atoms with Crippen LogP contribution in [0.5, 0.6) is 0 Å². The minimum Gasteiger partial charge on any atom is -0.345 e. The highest BCUT2D eigenvalue weighted by molar-refractivity contribution is 5.97. The summed E-state index contributed by atoms with van der Waals surface area (Å²) < 4.78 is 0. The average Bonchev–Trinajstić information content (AvgIpc) is 2.57.